The van der Waals surface area contributed by atoms with Crippen molar-refractivity contribution in [3.8, 4) is 0 Å². The van der Waals surface area contributed by atoms with Crippen LogP contribution in [0, 0.1) is 11.2 Å². The van der Waals surface area contributed by atoms with Gasteiger partial charge >= 0.3 is 5.97 Å². The molecule has 0 saturated heterocycles. The van der Waals surface area contributed by atoms with Crippen LogP contribution < -0.4 is 5.32 Å². The first-order valence-electron chi connectivity index (χ1n) is 5.24. The molecule has 16 heavy (non-hydrogen) atoms. The Morgan fingerprint density at radius 1 is 1.44 bits per heavy atom. The zero-order valence-electron chi connectivity index (χ0n) is 9.13. The van der Waals surface area contributed by atoms with Crippen molar-refractivity contribution >= 4 is 11.7 Å². The molecule has 0 aromatic heterocycles. The fraction of sp³-hybridized carbons (Fsp3) is 0.417. The summed E-state index contributed by atoms with van der Waals surface area (Å²) >= 11 is 0. The van der Waals surface area contributed by atoms with E-state index < -0.39 is 0 Å². The minimum atomic E-state index is -0.358. The number of anilines is 1. The van der Waals surface area contributed by atoms with Gasteiger partial charge in [0.2, 0.25) is 0 Å². The number of methoxy groups -OCH3 is 1. The van der Waals surface area contributed by atoms with Crippen molar-refractivity contribution in [3.63, 3.8) is 0 Å². The molecule has 2 rings (SSSR count). The van der Waals surface area contributed by atoms with Crippen molar-refractivity contribution in [1.82, 2.24) is 0 Å². The highest BCUT2D eigenvalue weighted by molar-refractivity contribution is 5.80. The van der Waals surface area contributed by atoms with Crippen molar-refractivity contribution < 1.29 is 13.9 Å². The highest BCUT2D eigenvalue weighted by Crippen LogP contribution is 2.46. The lowest BCUT2D eigenvalue weighted by molar-refractivity contribution is -0.146. The van der Waals surface area contributed by atoms with Crippen LogP contribution in [0.2, 0.25) is 0 Å². The van der Waals surface area contributed by atoms with Gasteiger partial charge in [0.05, 0.1) is 12.5 Å². The molecule has 4 heteroatoms. The first kappa shape index (κ1) is 10.9. The summed E-state index contributed by atoms with van der Waals surface area (Å²) in [5.74, 6) is -0.429. The third kappa shape index (κ3) is 2.15. The van der Waals surface area contributed by atoms with Crippen LogP contribution in [0.1, 0.15) is 12.8 Å². The Labute approximate surface area is 93.6 Å². The lowest BCUT2D eigenvalue weighted by Gasteiger charge is -2.14. The van der Waals surface area contributed by atoms with Gasteiger partial charge in [-0.3, -0.25) is 4.79 Å². The number of hydrogen-bond acceptors (Lipinski definition) is 3. The molecule has 1 fully saturated rings. The maximum absolute atomic E-state index is 12.7. The first-order chi connectivity index (χ1) is 7.66. The quantitative estimate of drug-likeness (QED) is 0.795. The Balaban J connectivity index is 1.93. The molecule has 0 unspecified atom stereocenters. The maximum atomic E-state index is 12.7. The molecule has 0 bridgehead atoms. The van der Waals surface area contributed by atoms with Crippen molar-refractivity contribution in [2.45, 2.75) is 12.8 Å². The zero-order valence-corrected chi connectivity index (χ0v) is 9.13. The van der Waals surface area contributed by atoms with Gasteiger partial charge in [0.15, 0.2) is 0 Å². The number of benzene rings is 1. The Hall–Kier alpha value is -1.58. The molecular formula is C12H14FNO2. The average molecular weight is 223 g/mol. The lowest BCUT2D eigenvalue weighted by Crippen LogP contribution is -2.25. The van der Waals surface area contributed by atoms with E-state index in [4.69, 9.17) is 4.74 Å². The molecule has 0 atom stereocenters. The molecule has 0 aliphatic heterocycles. The molecule has 1 aromatic rings. The molecular weight excluding hydrogens is 209 g/mol. The van der Waals surface area contributed by atoms with E-state index in [1.54, 1.807) is 12.1 Å². The Morgan fingerprint density at radius 3 is 2.56 bits per heavy atom. The summed E-state index contributed by atoms with van der Waals surface area (Å²) in [6, 6.07) is 6.09. The van der Waals surface area contributed by atoms with Crippen LogP contribution >= 0.6 is 0 Å². The fourth-order valence-electron chi connectivity index (χ4n) is 1.66. The minimum absolute atomic E-state index is 0.165. The number of halogens is 1. The Bertz CT molecular complexity index is 385. The van der Waals surface area contributed by atoms with Gasteiger partial charge in [0, 0.05) is 12.2 Å². The number of esters is 1. The standard InChI is InChI=1S/C12H14FNO2/c1-16-11(15)12(6-7-12)8-14-10-4-2-9(13)3-5-10/h2-5,14H,6-8H2,1H3. The van der Waals surface area contributed by atoms with Crippen LogP contribution in [0.5, 0.6) is 0 Å². The van der Waals surface area contributed by atoms with Gasteiger partial charge in [-0.2, -0.15) is 0 Å². The largest absolute Gasteiger partial charge is 0.469 e. The summed E-state index contributed by atoms with van der Waals surface area (Å²) in [6.45, 7) is 0.547. The Kier molecular flexibility index (Phi) is 2.81. The summed E-state index contributed by atoms with van der Waals surface area (Å²) in [6.07, 6.45) is 1.71. The third-order valence-electron chi connectivity index (χ3n) is 2.95. The number of ether oxygens (including phenoxy) is 1. The molecule has 0 amide bonds. The molecule has 1 aromatic carbocycles. The van der Waals surface area contributed by atoms with Crippen LogP contribution in [0.3, 0.4) is 0 Å². The maximum Gasteiger partial charge on any atom is 0.313 e. The first-order valence-corrected chi connectivity index (χ1v) is 5.24. The van der Waals surface area contributed by atoms with E-state index in [2.05, 4.69) is 5.32 Å². The second kappa shape index (κ2) is 4.12. The van der Waals surface area contributed by atoms with Gasteiger partial charge < -0.3 is 10.1 Å². The normalized spacial score (nSPS) is 16.6. The van der Waals surface area contributed by atoms with E-state index in [0.717, 1.165) is 18.5 Å². The summed E-state index contributed by atoms with van der Waals surface area (Å²) in [4.78, 5) is 11.4. The van der Waals surface area contributed by atoms with Crippen molar-refractivity contribution in [2.75, 3.05) is 19.0 Å². The summed E-state index contributed by atoms with van der Waals surface area (Å²) in [5, 5.41) is 3.12. The van der Waals surface area contributed by atoms with Crippen LogP contribution in [0.25, 0.3) is 0 Å². The fourth-order valence-corrected chi connectivity index (χ4v) is 1.66. The smallest absolute Gasteiger partial charge is 0.313 e. The number of carbonyl (C=O) groups excluding carboxylic acids is 1. The molecule has 3 nitrogen and oxygen atoms in total. The predicted molar refractivity (Wildman–Crippen MR) is 58.6 cm³/mol. The molecule has 0 radical (unpaired) electrons. The number of rotatable bonds is 4. The van der Waals surface area contributed by atoms with E-state index in [-0.39, 0.29) is 17.2 Å². The average Bonchev–Trinajstić information content (AvgIpc) is 3.08. The zero-order chi connectivity index (χ0) is 11.6. The monoisotopic (exact) mass is 223 g/mol. The number of carbonyl (C=O) groups is 1. The molecule has 1 aliphatic carbocycles. The number of nitrogens with one attached hydrogen (secondary N) is 1. The summed E-state index contributed by atoms with van der Waals surface area (Å²) in [7, 11) is 1.40. The van der Waals surface area contributed by atoms with Crippen LogP contribution in [0.15, 0.2) is 24.3 Å². The van der Waals surface area contributed by atoms with Crippen molar-refractivity contribution in [1.29, 1.82) is 0 Å². The van der Waals surface area contributed by atoms with Crippen LogP contribution in [-0.2, 0) is 9.53 Å². The second-order valence-corrected chi connectivity index (χ2v) is 4.13. The van der Waals surface area contributed by atoms with E-state index in [1.165, 1.54) is 19.2 Å². The van der Waals surface area contributed by atoms with Crippen molar-refractivity contribution in [3.05, 3.63) is 30.1 Å². The second-order valence-electron chi connectivity index (χ2n) is 4.13. The van der Waals surface area contributed by atoms with E-state index in [0.29, 0.717) is 6.54 Å². The molecule has 1 aliphatic rings. The highest BCUT2D eigenvalue weighted by atomic mass is 19.1. The van der Waals surface area contributed by atoms with Crippen LogP contribution in [0.4, 0.5) is 10.1 Å². The number of hydrogen-bond donors (Lipinski definition) is 1. The molecule has 1 N–H and O–H groups in total. The van der Waals surface area contributed by atoms with E-state index in [1.807, 2.05) is 0 Å². The summed E-state index contributed by atoms with van der Waals surface area (Å²) < 4.78 is 17.4. The Morgan fingerprint density at radius 2 is 2.06 bits per heavy atom. The van der Waals surface area contributed by atoms with Gasteiger partial charge in [-0.15, -0.1) is 0 Å². The minimum Gasteiger partial charge on any atom is -0.469 e. The molecule has 86 valence electrons. The predicted octanol–water partition coefficient (Wildman–Crippen LogP) is 2.19. The molecule has 0 spiro atoms. The van der Waals surface area contributed by atoms with Crippen LogP contribution in [-0.4, -0.2) is 19.6 Å². The van der Waals surface area contributed by atoms with E-state index >= 15 is 0 Å². The highest BCUT2D eigenvalue weighted by Gasteiger charge is 2.50. The SMILES string of the molecule is COC(=O)C1(CNc2ccc(F)cc2)CC1. The molecule has 0 heterocycles. The lowest BCUT2D eigenvalue weighted by atomic mass is 10.1. The topological polar surface area (TPSA) is 38.3 Å². The molecule has 1 saturated carbocycles. The summed E-state index contributed by atoms with van der Waals surface area (Å²) in [5.41, 5.74) is 0.458. The van der Waals surface area contributed by atoms with Crippen molar-refractivity contribution in [2.24, 2.45) is 5.41 Å². The van der Waals surface area contributed by atoms with Gasteiger partial charge in [-0.05, 0) is 37.1 Å². The van der Waals surface area contributed by atoms with Gasteiger partial charge in [0.1, 0.15) is 5.82 Å². The third-order valence-corrected chi connectivity index (χ3v) is 2.95. The van der Waals surface area contributed by atoms with Gasteiger partial charge in [-0.25, -0.2) is 4.39 Å². The van der Waals surface area contributed by atoms with Gasteiger partial charge in [0.25, 0.3) is 0 Å². The van der Waals surface area contributed by atoms with E-state index in [9.17, 15) is 9.18 Å². The van der Waals surface area contributed by atoms with Gasteiger partial charge in [-0.1, -0.05) is 0 Å².